The average molecular weight is 287 g/mol. The summed E-state index contributed by atoms with van der Waals surface area (Å²) in [4.78, 5) is 0. The second kappa shape index (κ2) is 4.11. The molecule has 0 bridgehead atoms. The van der Waals surface area contributed by atoms with Crippen molar-refractivity contribution in [3.05, 3.63) is 29.3 Å². The van der Waals surface area contributed by atoms with Gasteiger partial charge in [-0.3, -0.25) is 0 Å². The third kappa shape index (κ3) is 1.74. The highest BCUT2D eigenvalue weighted by Gasteiger charge is 2.68. The molecule has 0 saturated carbocycles. The largest absolute Gasteiger partial charge is 0.493 e. The molecule has 1 fully saturated rings. The molecule has 2 aliphatic heterocycles. The molecule has 2 atom stereocenters. The van der Waals surface area contributed by atoms with Crippen LogP contribution in [0, 0.1) is 0 Å². The Morgan fingerprint density at radius 1 is 1.35 bits per heavy atom. The summed E-state index contributed by atoms with van der Waals surface area (Å²) in [6, 6.07) is 5.52. The van der Waals surface area contributed by atoms with Gasteiger partial charge in [-0.15, -0.1) is 0 Å². The standard InChI is InChI=1S/C14H16F3NO2/c1-12(7-13(8-18,20-12)14(15,16)17)10-4-2-3-9-5-6-19-11(9)10/h2-4H,5-8,18H2,1H3/t12?,13-/m0/s1. The summed E-state index contributed by atoms with van der Waals surface area (Å²) < 4.78 is 50.0. The number of halogens is 3. The molecule has 0 spiro atoms. The summed E-state index contributed by atoms with van der Waals surface area (Å²) in [5.41, 5.74) is 3.76. The van der Waals surface area contributed by atoms with Crippen LogP contribution < -0.4 is 10.5 Å². The first-order valence-corrected chi connectivity index (χ1v) is 6.53. The van der Waals surface area contributed by atoms with E-state index < -0.39 is 23.9 Å². The molecular formula is C14H16F3NO2. The molecule has 3 rings (SSSR count). The predicted molar refractivity (Wildman–Crippen MR) is 66.5 cm³/mol. The molecule has 1 aromatic rings. The molecule has 110 valence electrons. The van der Waals surface area contributed by atoms with Gasteiger partial charge in [-0.05, 0) is 12.5 Å². The Kier molecular flexibility index (Phi) is 2.82. The van der Waals surface area contributed by atoms with E-state index in [0.29, 0.717) is 17.9 Å². The highest BCUT2D eigenvalue weighted by Crippen LogP contribution is 2.57. The summed E-state index contributed by atoms with van der Waals surface area (Å²) in [5, 5.41) is 0. The lowest BCUT2D eigenvalue weighted by Crippen LogP contribution is -2.67. The van der Waals surface area contributed by atoms with Crippen LogP contribution in [-0.2, 0) is 16.8 Å². The fourth-order valence-electron chi connectivity index (χ4n) is 3.14. The van der Waals surface area contributed by atoms with Crippen LogP contribution in [0.15, 0.2) is 18.2 Å². The number of alkyl halides is 3. The Labute approximate surface area is 114 Å². The third-order valence-electron chi connectivity index (χ3n) is 4.17. The Morgan fingerprint density at radius 2 is 2.05 bits per heavy atom. The lowest BCUT2D eigenvalue weighted by Gasteiger charge is -2.54. The molecule has 1 saturated heterocycles. The van der Waals surface area contributed by atoms with Crippen molar-refractivity contribution in [1.29, 1.82) is 0 Å². The lowest BCUT2D eigenvalue weighted by molar-refractivity contribution is -0.381. The van der Waals surface area contributed by atoms with Gasteiger partial charge in [0.25, 0.3) is 0 Å². The van der Waals surface area contributed by atoms with Crippen LogP contribution in [0.3, 0.4) is 0 Å². The molecule has 20 heavy (non-hydrogen) atoms. The Hall–Kier alpha value is -1.27. The first-order chi connectivity index (χ1) is 9.31. The monoisotopic (exact) mass is 287 g/mol. The Morgan fingerprint density at radius 3 is 2.65 bits per heavy atom. The van der Waals surface area contributed by atoms with Crippen LogP contribution in [0.4, 0.5) is 13.2 Å². The summed E-state index contributed by atoms with van der Waals surface area (Å²) in [7, 11) is 0. The van der Waals surface area contributed by atoms with Crippen molar-refractivity contribution in [2.24, 2.45) is 5.73 Å². The van der Waals surface area contributed by atoms with E-state index >= 15 is 0 Å². The summed E-state index contributed by atoms with van der Waals surface area (Å²) in [6.07, 6.45) is -3.86. The zero-order valence-electron chi connectivity index (χ0n) is 11.1. The molecule has 0 radical (unpaired) electrons. The van der Waals surface area contributed by atoms with Crippen LogP contribution >= 0.6 is 0 Å². The first kappa shape index (κ1) is 13.7. The quantitative estimate of drug-likeness (QED) is 0.909. The minimum absolute atomic E-state index is 0.181. The van der Waals surface area contributed by atoms with Crippen LogP contribution in [0.25, 0.3) is 0 Å². The highest BCUT2D eigenvalue weighted by atomic mass is 19.4. The van der Waals surface area contributed by atoms with Crippen molar-refractivity contribution < 1.29 is 22.6 Å². The van der Waals surface area contributed by atoms with Gasteiger partial charge in [0.1, 0.15) is 5.75 Å². The van der Waals surface area contributed by atoms with Crippen LogP contribution in [0.2, 0.25) is 0 Å². The van der Waals surface area contributed by atoms with Crippen LogP contribution in [0.5, 0.6) is 5.75 Å². The second-order valence-corrected chi connectivity index (χ2v) is 5.60. The minimum atomic E-state index is -4.46. The predicted octanol–water partition coefficient (Wildman–Crippen LogP) is 2.52. The van der Waals surface area contributed by atoms with Crippen molar-refractivity contribution in [2.75, 3.05) is 13.2 Å². The van der Waals surface area contributed by atoms with E-state index in [1.807, 2.05) is 12.1 Å². The van der Waals surface area contributed by atoms with Crippen molar-refractivity contribution in [3.63, 3.8) is 0 Å². The summed E-state index contributed by atoms with van der Waals surface area (Å²) >= 11 is 0. The van der Waals surface area contributed by atoms with Crippen LogP contribution in [0.1, 0.15) is 24.5 Å². The smallest absolute Gasteiger partial charge is 0.418 e. The van der Waals surface area contributed by atoms with Crippen molar-refractivity contribution >= 4 is 0 Å². The van der Waals surface area contributed by atoms with E-state index in [4.69, 9.17) is 15.2 Å². The minimum Gasteiger partial charge on any atom is -0.493 e. The highest BCUT2D eigenvalue weighted by molar-refractivity contribution is 5.48. The van der Waals surface area contributed by atoms with Crippen molar-refractivity contribution in [2.45, 2.75) is 37.1 Å². The Bertz CT molecular complexity index is 536. The van der Waals surface area contributed by atoms with Gasteiger partial charge >= 0.3 is 6.18 Å². The first-order valence-electron chi connectivity index (χ1n) is 6.53. The number of rotatable bonds is 2. The molecule has 3 nitrogen and oxygen atoms in total. The van der Waals surface area contributed by atoms with Gasteiger partial charge in [0.05, 0.1) is 12.2 Å². The zero-order chi connectivity index (χ0) is 14.6. The number of benzene rings is 1. The van der Waals surface area contributed by atoms with Gasteiger partial charge in [0.15, 0.2) is 5.60 Å². The molecule has 1 aromatic carbocycles. The fraction of sp³-hybridized carbons (Fsp3) is 0.571. The number of fused-ring (bicyclic) bond motifs is 1. The van der Waals surface area contributed by atoms with E-state index in [0.717, 1.165) is 12.0 Å². The molecule has 0 aliphatic carbocycles. The normalized spacial score (nSPS) is 32.5. The molecule has 0 amide bonds. The van der Waals surface area contributed by atoms with E-state index in [2.05, 4.69) is 0 Å². The lowest BCUT2D eigenvalue weighted by atomic mass is 9.75. The molecule has 6 heteroatoms. The number of ether oxygens (including phenoxy) is 2. The average Bonchev–Trinajstić information content (AvgIpc) is 2.81. The van der Waals surface area contributed by atoms with E-state index in [-0.39, 0.29) is 6.42 Å². The van der Waals surface area contributed by atoms with Gasteiger partial charge in [0.2, 0.25) is 0 Å². The van der Waals surface area contributed by atoms with E-state index in [1.165, 1.54) is 0 Å². The van der Waals surface area contributed by atoms with Crippen molar-refractivity contribution in [3.8, 4) is 5.75 Å². The molecular weight excluding hydrogens is 271 g/mol. The van der Waals surface area contributed by atoms with Gasteiger partial charge in [-0.2, -0.15) is 13.2 Å². The Balaban J connectivity index is 1.93. The molecule has 0 aromatic heterocycles. The number of nitrogens with two attached hydrogens (primary N) is 1. The number of hydrogen-bond donors (Lipinski definition) is 1. The molecule has 1 unspecified atom stereocenters. The topological polar surface area (TPSA) is 44.5 Å². The van der Waals surface area contributed by atoms with E-state index in [1.54, 1.807) is 13.0 Å². The third-order valence-corrected chi connectivity index (χ3v) is 4.17. The van der Waals surface area contributed by atoms with Crippen molar-refractivity contribution in [1.82, 2.24) is 0 Å². The maximum absolute atomic E-state index is 13.1. The second-order valence-electron chi connectivity index (χ2n) is 5.60. The van der Waals surface area contributed by atoms with E-state index in [9.17, 15) is 13.2 Å². The summed E-state index contributed by atoms with van der Waals surface area (Å²) in [6.45, 7) is 1.65. The maximum atomic E-state index is 13.1. The van der Waals surface area contributed by atoms with Gasteiger partial charge < -0.3 is 15.2 Å². The molecule has 2 aliphatic rings. The maximum Gasteiger partial charge on any atom is 0.418 e. The molecule has 2 N–H and O–H groups in total. The van der Waals surface area contributed by atoms with Gasteiger partial charge in [-0.25, -0.2) is 0 Å². The van der Waals surface area contributed by atoms with Crippen LogP contribution in [-0.4, -0.2) is 24.9 Å². The number of para-hydroxylation sites is 1. The fourth-order valence-corrected chi connectivity index (χ4v) is 3.14. The molecule has 2 heterocycles. The number of hydrogen-bond acceptors (Lipinski definition) is 3. The zero-order valence-corrected chi connectivity index (χ0v) is 11.1. The van der Waals surface area contributed by atoms with Gasteiger partial charge in [0, 0.05) is 24.9 Å². The SMILES string of the molecule is CC1(c2cccc3c2OCC3)C[C@](CN)(C(F)(F)F)O1. The summed E-state index contributed by atoms with van der Waals surface area (Å²) in [5.74, 6) is 0.669. The van der Waals surface area contributed by atoms with Gasteiger partial charge in [-0.1, -0.05) is 18.2 Å².